The van der Waals surface area contributed by atoms with Gasteiger partial charge in [-0.1, -0.05) is 30.3 Å². The molecule has 0 radical (unpaired) electrons. The Morgan fingerprint density at radius 1 is 1.27 bits per heavy atom. The molecule has 1 saturated heterocycles. The monoisotopic (exact) mass is 441 g/mol. The van der Waals surface area contributed by atoms with E-state index in [9.17, 15) is 24.2 Å². The summed E-state index contributed by atoms with van der Waals surface area (Å²) in [6.45, 7) is 2.33. The molecule has 4 N–H and O–H groups in total. The molecule has 1 aromatic rings. The normalized spacial score (nSPS) is 24.3. The molecule has 168 valence electrons. The average molecular weight is 441 g/mol. The summed E-state index contributed by atoms with van der Waals surface area (Å²) in [5.74, 6) is -0.637. The van der Waals surface area contributed by atoms with E-state index in [2.05, 4.69) is 0 Å². The predicted octanol–water partition coefficient (Wildman–Crippen LogP) is 3.52. The van der Waals surface area contributed by atoms with Gasteiger partial charge in [0.05, 0.1) is 12.7 Å². The molecule has 8 nitrogen and oxygen atoms in total. The van der Waals surface area contributed by atoms with Crippen LogP contribution in [0.4, 0.5) is 4.79 Å². The predicted molar refractivity (Wildman–Crippen MR) is 114 cm³/mol. The standard InChI is InChI=1S/C21H33N2O6P/c1-17-9-7-15-23(17,21(25)26)20(24)19(13-5-6-14-22)29-30(27,28)16-8-12-18-10-3-2-4-11-18/h2-4,10-11,17,19H,5-9,12-16,22H2,1H3,(H-,25,26,27,28)/p+1/t17?,19?,23-/m0/s1. The number of aryl methyl sites for hydroxylation is 1. The van der Waals surface area contributed by atoms with Crippen molar-refractivity contribution < 1.29 is 33.2 Å². The lowest BCUT2D eigenvalue weighted by Gasteiger charge is -2.33. The average Bonchev–Trinajstić information content (AvgIpc) is 3.10. The number of carbonyl (C=O) groups excluding carboxylic acids is 1. The quantitative estimate of drug-likeness (QED) is 0.272. The first-order chi connectivity index (χ1) is 14.2. The molecule has 1 fully saturated rings. The summed E-state index contributed by atoms with van der Waals surface area (Å²) in [4.78, 5) is 35.7. The van der Waals surface area contributed by atoms with E-state index in [1.165, 1.54) is 0 Å². The fourth-order valence-corrected chi connectivity index (χ4v) is 5.37. The third-order valence-electron chi connectivity index (χ3n) is 5.86. The summed E-state index contributed by atoms with van der Waals surface area (Å²) in [7, 11) is -4.06. The Hall–Kier alpha value is -1.57. The van der Waals surface area contributed by atoms with E-state index in [1.54, 1.807) is 6.92 Å². The van der Waals surface area contributed by atoms with Crippen molar-refractivity contribution in [1.82, 2.24) is 0 Å². The Bertz CT molecular complexity index is 759. The molecule has 0 saturated carbocycles. The van der Waals surface area contributed by atoms with Crippen molar-refractivity contribution >= 4 is 19.6 Å². The van der Waals surface area contributed by atoms with Crippen LogP contribution < -0.4 is 5.73 Å². The van der Waals surface area contributed by atoms with Gasteiger partial charge in [-0.2, -0.15) is 9.28 Å². The molecule has 3 unspecified atom stereocenters. The summed E-state index contributed by atoms with van der Waals surface area (Å²) < 4.78 is 17.4. The van der Waals surface area contributed by atoms with Gasteiger partial charge in [0.25, 0.3) is 0 Å². The van der Waals surface area contributed by atoms with Crippen LogP contribution in [-0.2, 0) is 20.3 Å². The number of nitrogens with zero attached hydrogens (tertiary/aromatic N) is 1. The van der Waals surface area contributed by atoms with Gasteiger partial charge >= 0.3 is 19.6 Å². The SMILES string of the molecule is CC1CCC[N@@+]1(C(=O)O)C(=O)C(CCCCN)OP(=O)(O)CCCc1ccccc1. The highest BCUT2D eigenvalue weighted by Crippen LogP contribution is 2.46. The second-order valence-corrected chi connectivity index (χ2v) is 9.97. The van der Waals surface area contributed by atoms with Crippen LogP contribution in [0.15, 0.2) is 30.3 Å². The zero-order chi connectivity index (χ0) is 22.2. The molecule has 9 heteroatoms. The molecule has 30 heavy (non-hydrogen) atoms. The summed E-state index contributed by atoms with van der Waals surface area (Å²) in [6, 6.07) is 9.20. The first-order valence-corrected chi connectivity index (χ1v) is 12.4. The maximum Gasteiger partial charge on any atom is 0.521 e. The van der Waals surface area contributed by atoms with Crippen molar-refractivity contribution in [2.24, 2.45) is 5.73 Å². The second-order valence-electron chi connectivity index (χ2n) is 8.03. The number of nitrogens with two attached hydrogens (primary N) is 1. The van der Waals surface area contributed by atoms with E-state index in [1.807, 2.05) is 30.3 Å². The van der Waals surface area contributed by atoms with E-state index in [0.29, 0.717) is 45.1 Å². The van der Waals surface area contributed by atoms with Crippen LogP contribution in [0.2, 0.25) is 0 Å². The number of carboxylic acid groups (broad SMARTS) is 1. The molecule has 0 aliphatic carbocycles. The molecule has 0 bridgehead atoms. The van der Waals surface area contributed by atoms with Gasteiger partial charge in [-0.15, -0.1) is 0 Å². The summed E-state index contributed by atoms with van der Waals surface area (Å²) >= 11 is 0. The number of imide groups is 1. The fourth-order valence-electron chi connectivity index (χ4n) is 4.11. The van der Waals surface area contributed by atoms with E-state index in [-0.39, 0.29) is 19.1 Å². The Morgan fingerprint density at radius 3 is 2.53 bits per heavy atom. The van der Waals surface area contributed by atoms with Crippen molar-refractivity contribution in [1.29, 1.82) is 0 Å². The molecule has 1 aromatic carbocycles. The Balaban J connectivity index is 2.09. The number of carbonyl (C=O) groups is 2. The van der Waals surface area contributed by atoms with Crippen LogP contribution in [0, 0.1) is 0 Å². The van der Waals surface area contributed by atoms with Crippen LogP contribution in [0.3, 0.4) is 0 Å². The van der Waals surface area contributed by atoms with Gasteiger partial charge in [0.15, 0.2) is 6.10 Å². The number of hydrogen-bond donors (Lipinski definition) is 3. The third-order valence-corrected chi connectivity index (χ3v) is 7.32. The maximum absolute atomic E-state index is 13.3. The Morgan fingerprint density at radius 2 is 1.97 bits per heavy atom. The zero-order valence-corrected chi connectivity index (χ0v) is 18.5. The van der Waals surface area contributed by atoms with E-state index in [0.717, 1.165) is 5.56 Å². The minimum Gasteiger partial charge on any atom is -0.435 e. The summed E-state index contributed by atoms with van der Waals surface area (Å²) in [5.41, 5.74) is 6.58. The van der Waals surface area contributed by atoms with Crippen LogP contribution >= 0.6 is 7.60 Å². The number of quaternary nitrogens is 1. The van der Waals surface area contributed by atoms with Crippen LogP contribution in [-0.4, -0.2) is 57.9 Å². The zero-order valence-electron chi connectivity index (χ0n) is 17.6. The van der Waals surface area contributed by atoms with Gasteiger partial charge < -0.3 is 15.7 Å². The van der Waals surface area contributed by atoms with Gasteiger partial charge in [0.1, 0.15) is 6.04 Å². The lowest BCUT2D eigenvalue weighted by Crippen LogP contribution is -2.62. The molecule has 4 atom stereocenters. The van der Waals surface area contributed by atoms with Crippen molar-refractivity contribution in [3.63, 3.8) is 0 Å². The number of unbranched alkanes of at least 4 members (excludes halogenated alkanes) is 1. The minimum absolute atomic E-state index is 0.0921. The molecule has 1 heterocycles. The molecule has 2 amide bonds. The number of likely N-dealkylation sites (tertiary alicyclic amines) is 1. The third kappa shape index (κ3) is 6.22. The van der Waals surface area contributed by atoms with Crippen molar-refractivity contribution in [3.05, 3.63) is 35.9 Å². The summed E-state index contributed by atoms with van der Waals surface area (Å²) in [5, 5.41) is 9.84. The van der Waals surface area contributed by atoms with Gasteiger partial charge in [0.2, 0.25) is 0 Å². The van der Waals surface area contributed by atoms with Crippen molar-refractivity contribution in [3.8, 4) is 0 Å². The maximum atomic E-state index is 13.3. The molecule has 0 aromatic heterocycles. The van der Waals surface area contributed by atoms with Gasteiger partial charge in [0, 0.05) is 12.8 Å². The highest BCUT2D eigenvalue weighted by molar-refractivity contribution is 7.52. The fraction of sp³-hybridized carbons (Fsp3) is 0.619. The lowest BCUT2D eigenvalue weighted by atomic mass is 10.1. The minimum atomic E-state index is -4.06. The van der Waals surface area contributed by atoms with Crippen LogP contribution in [0.5, 0.6) is 0 Å². The smallest absolute Gasteiger partial charge is 0.435 e. The molecule has 0 spiro atoms. The summed E-state index contributed by atoms with van der Waals surface area (Å²) in [6.07, 6.45) is 1.04. The van der Waals surface area contributed by atoms with Crippen molar-refractivity contribution in [2.75, 3.05) is 19.3 Å². The molecular weight excluding hydrogens is 407 g/mol. The van der Waals surface area contributed by atoms with E-state index >= 15 is 0 Å². The molecule has 1 aliphatic rings. The van der Waals surface area contributed by atoms with Crippen LogP contribution in [0.1, 0.15) is 51.0 Å². The van der Waals surface area contributed by atoms with Gasteiger partial charge in [-0.3, -0.25) is 9.09 Å². The highest BCUT2D eigenvalue weighted by atomic mass is 31.2. The number of hydrogen-bond acceptors (Lipinski definition) is 5. The second kappa shape index (κ2) is 11.2. The lowest BCUT2D eigenvalue weighted by molar-refractivity contribution is -0.794. The first-order valence-electron chi connectivity index (χ1n) is 10.6. The first kappa shape index (κ1) is 24.7. The van der Waals surface area contributed by atoms with Gasteiger partial charge in [-0.25, -0.2) is 4.79 Å². The van der Waals surface area contributed by atoms with E-state index < -0.39 is 36.2 Å². The largest absolute Gasteiger partial charge is 0.521 e. The molecule has 2 rings (SSSR count). The Kier molecular flexibility index (Phi) is 9.19. The Labute approximate surface area is 178 Å². The number of amides is 2. The topological polar surface area (TPSA) is 127 Å². The van der Waals surface area contributed by atoms with E-state index in [4.69, 9.17) is 10.3 Å². The van der Waals surface area contributed by atoms with Crippen molar-refractivity contribution in [2.45, 2.75) is 64.0 Å². The number of rotatable bonds is 11. The highest BCUT2D eigenvalue weighted by Gasteiger charge is 2.56. The molecular formula is C21H34N2O6P+. The van der Waals surface area contributed by atoms with Crippen LogP contribution in [0.25, 0.3) is 0 Å². The molecule has 1 aliphatic heterocycles. The van der Waals surface area contributed by atoms with Gasteiger partial charge in [-0.05, 0) is 51.1 Å². The number of benzene rings is 1.